The molecule has 0 saturated carbocycles. The van der Waals surface area contributed by atoms with Gasteiger partial charge in [-0.25, -0.2) is 4.39 Å². The number of aryl methyl sites for hydroxylation is 3. The molecule has 1 aromatic heterocycles. The lowest BCUT2D eigenvalue weighted by molar-refractivity contribution is 0.626. The molecule has 0 fully saturated rings. The Morgan fingerprint density at radius 1 is 1.39 bits per heavy atom. The zero-order valence-corrected chi connectivity index (χ0v) is 11.3. The summed E-state index contributed by atoms with van der Waals surface area (Å²) < 4.78 is 14.7. The van der Waals surface area contributed by atoms with E-state index in [1.165, 1.54) is 12.1 Å². The quantitative estimate of drug-likeness (QED) is 0.923. The maximum atomic E-state index is 13.0. The fraction of sp³-hybridized carbons (Fsp3) is 0.308. The summed E-state index contributed by atoms with van der Waals surface area (Å²) in [6, 6.07) is 4.66. The summed E-state index contributed by atoms with van der Waals surface area (Å²) in [4.78, 5) is 0. The largest absolute Gasteiger partial charge is 0.379 e. The molecular weight excluding hydrogens is 253 g/mol. The van der Waals surface area contributed by atoms with Crippen molar-refractivity contribution in [3.05, 3.63) is 46.0 Å². The first-order valence-electron chi connectivity index (χ1n) is 5.67. The lowest BCUT2D eigenvalue weighted by atomic mass is 10.2. The van der Waals surface area contributed by atoms with E-state index in [-0.39, 0.29) is 5.82 Å². The molecule has 0 aliphatic rings. The number of benzene rings is 1. The number of anilines is 1. The minimum atomic E-state index is -0.229. The number of rotatable bonds is 3. The average molecular weight is 268 g/mol. The molecule has 0 radical (unpaired) electrons. The first kappa shape index (κ1) is 12.9. The van der Waals surface area contributed by atoms with Crippen LogP contribution in [0, 0.1) is 19.7 Å². The number of hydrogen-bond donors (Lipinski definition) is 1. The summed E-state index contributed by atoms with van der Waals surface area (Å²) in [6.45, 7) is 4.29. The molecule has 0 aliphatic carbocycles. The molecule has 0 aliphatic heterocycles. The average Bonchev–Trinajstić information content (AvgIpc) is 2.53. The minimum absolute atomic E-state index is 0.229. The summed E-state index contributed by atoms with van der Waals surface area (Å²) in [5.74, 6) is -0.229. The van der Waals surface area contributed by atoms with Gasteiger partial charge in [-0.05, 0) is 37.6 Å². The van der Waals surface area contributed by atoms with Crippen molar-refractivity contribution in [2.75, 3.05) is 5.32 Å². The maximum Gasteiger partial charge on any atom is 0.123 e. The van der Waals surface area contributed by atoms with E-state index in [1.54, 1.807) is 10.7 Å². The van der Waals surface area contributed by atoms with Crippen LogP contribution in [-0.2, 0) is 13.6 Å². The minimum Gasteiger partial charge on any atom is -0.379 e. The van der Waals surface area contributed by atoms with Crippen molar-refractivity contribution in [3.8, 4) is 0 Å². The maximum absolute atomic E-state index is 13.0. The molecule has 18 heavy (non-hydrogen) atoms. The molecule has 0 atom stereocenters. The molecule has 96 valence electrons. The van der Waals surface area contributed by atoms with Gasteiger partial charge in [-0.15, -0.1) is 0 Å². The first-order valence-corrected chi connectivity index (χ1v) is 6.05. The summed E-state index contributed by atoms with van der Waals surface area (Å²) in [7, 11) is 1.85. The first-order chi connectivity index (χ1) is 8.49. The molecule has 2 rings (SSSR count). The van der Waals surface area contributed by atoms with E-state index in [4.69, 9.17) is 11.6 Å². The second-order valence-corrected chi connectivity index (χ2v) is 4.66. The van der Waals surface area contributed by atoms with E-state index in [9.17, 15) is 4.39 Å². The molecule has 1 aromatic carbocycles. The summed E-state index contributed by atoms with van der Waals surface area (Å²) in [6.07, 6.45) is 0. The Morgan fingerprint density at radius 2 is 2.11 bits per heavy atom. The monoisotopic (exact) mass is 267 g/mol. The molecule has 3 nitrogen and oxygen atoms in total. The van der Waals surface area contributed by atoms with Gasteiger partial charge in [0.1, 0.15) is 5.82 Å². The van der Waals surface area contributed by atoms with Crippen LogP contribution in [0.3, 0.4) is 0 Å². The highest BCUT2D eigenvalue weighted by molar-refractivity contribution is 6.31. The Kier molecular flexibility index (Phi) is 3.57. The van der Waals surface area contributed by atoms with Crippen LogP contribution >= 0.6 is 11.6 Å². The van der Waals surface area contributed by atoms with Crippen LogP contribution < -0.4 is 5.32 Å². The van der Waals surface area contributed by atoms with Gasteiger partial charge in [0, 0.05) is 12.7 Å². The van der Waals surface area contributed by atoms with Gasteiger partial charge in [-0.2, -0.15) is 5.10 Å². The highest BCUT2D eigenvalue weighted by Crippen LogP contribution is 2.22. The van der Waals surface area contributed by atoms with Gasteiger partial charge in [0.25, 0.3) is 0 Å². The molecule has 0 unspecified atom stereocenters. The normalized spacial score (nSPS) is 10.7. The fourth-order valence-corrected chi connectivity index (χ4v) is 2.10. The third kappa shape index (κ3) is 2.48. The Balaban J connectivity index is 2.16. The van der Waals surface area contributed by atoms with Gasteiger partial charge >= 0.3 is 0 Å². The van der Waals surface area contributed by atoms with Gasteiger partial charge in [-0.3, -0.25) is 4.68 Å². The SMILES string of the molecule is Cc1cc(F)ccc1NCc1c(Cl)c(C)nn1C. The van der Waals surface area contributed by atoms with Crippen molar-refractivity contribution in [1.29, 1.82) is 0 Å². The number of aromatic nitrogens is 2. The molecule has 0 bridgehead atoms. The Morgan fingerprint density at radius 3 is 2.67 bits per heavy atom. The number of halogens is 2. The number of nitrogens with one attached hydrogen (secondary N) is 1. The summed E-state index contributed by atoms with van der Waals surface area (Å²) in [5, 5.41) is 8.15. The molecule has 2 aromatic rings. The van der Waals surface area contributed by atoms with Crippen molar-refractivity contribution in [2.45, 2.75) is 20.4 Å². The van der Waals surface area contributed by atoms with Crippen LogP contribution in [0.5, 0.6) is 0 Å². The predicted octanol–water partition coefficient (Wildman–Crippen LogP) is 3.44. The second kappa shape index (κ2) is 4.98. The van der Waals surface area contributed by atoms with Crippen molar-refractivity contribution in [2.24, 2.45) is 7.05 Å². The third-order valence-electron chi connectivity index (χ3n) is 2.90. The number of nitrogens with zero attached hydrogens (tertiary/aromatic N) is 2. The third-order valence-corrected chi connectivity index (χ3v) is 3.39. The second-order valence-electron chi connectivity index (χ2n) is 4.28. The lowest BCUT2D eigenvalue weighted by Crippen LogP contribution is -2.06. The van der Waals surface area contributed by atoms with Crippen molar-refractivity contribution < 1.29 is 4.39 Å². The van der Waals surface area contributed by atoms with E-state index in [1.807, 2.05) is 20.9 Å². The highest BCUT2D eigenvalue weighted by Gasteiger charge is 2.10. The van der Waals surface area contributed by atoms with Gasteiger partial charge in [0.2, 0.25) is 0 Å². The van der Waals surface area contributed by atoms with Crippen molar-refractivity contribution in [3.63, 3.8) is 0 Å². The van der Waals surface area contributed by atoms with Crippen LogP contribution in [0.1, 0.15) is 17.0 Å². The smallest absolute Gasteiger partial charge is 0.123 e. The fourth-order valence-electron chi connectivity index (χ4n) is 1.88. The summed E-state index contributed by atoms with van der Waals surface area (Å²) >= 11 is 6.16. The molecule has 1 N–H and O–H groups in total. The number of hydrogen-bond acceptors (Lipinski definition) is 2. The van der Waals surface area contributed by atoms with E-state index in [2.05, 4.69) is 10.4 Å². The molecule has 1 heterocycles. The van der Waals surface area contributed by atoms with Crippen LogP contribution in [0.4, 0.5) is 10.1 Å². The molecule has 0 spiro atoms. The Labute approximate surface area is 111 Å². The van der Waals surface area contributed by atoms with Crippen LogP contribution in [-0.4, -0.2) is 9.78 Å². The van der Waals surface area contributed by atoms with Gasteiger partial charge in [-0.1, -0.05) is 11.6 Å². The van der Waals surface area contributed by atoms with Crippen molar-refractivity contribution >= 4 is 17.3 Å². The molecule has 0 amide bonds. The van der Waals surface area contributed by atoms with Crippen LogP contribution in [0.15, 0.2) is 18.2 Å². The predicted molar refractivity (Wildman–Crippen MR) is 71.4 cm³/mol. The van der Waals surface area contributed by atoms with Gasteiger partial charge < -0.3 is 5.32 Å². The molecule has 0 saturated heterocycles. The zero-order valence-electron chi connectivity index (χ0n) is 10.6. The lowest BCUT2D eigenvalue weighted by Gasteiger charge is -2.10. The highest BCUT2D eigenvalue weighted by atomic mass is 35.5. The topological polar surface area (TPSA) is 29.9 Å². The molecular formula is C13H15ClFN3. The van der Waals surface area contributed by atoms with Crippen LogP contribution in [0.25, 0.3) is 0 Å². The van der Waals surface area contributed by atoms with E-state index in [0.717, 1.165) is 22.6 Å². The van der Waals surface area contributed by atoms with Gasteiger partial charge in [0.05, 0.1) is 23.0 Å². The molecule has 5 heteroatoms. The van der Waals surface area contributed by atoms with E-state index in [0.29, 0.717) is 11.6 Å². The zero-order chi connectivity index (χ0) is 13.3. The van der Waals surface area contributed by atoms with Gasteiger partial charge in [0.15, 0.2) is 0 Å². The standard InChI is InChI=1S/C13H15ClFN3/c1-8-6-10(15)4-5-11(8)16-7-12-13(14)9(2)17-18(12)3/h4-6,16H,7H2,1-3H3. The van der Waals surface area contributed by atoms with E-state index >= 15 is 0 Å². The summed E-state index contributed by atoms with van der Waals surface area (Å²) in [5.41, 5.74) is 3.49. The Hall–Kier alpha value is -1.55. The Bertz CT molecular complexity index is 578. The van der Waals surface area contributed by atoms with E-state index < -0.39 is 0 Å². The van der Waals surface area contributed by atoms with Crippen molar-refractivity contribution in [1.82, 2.24) is 9.78 Å². The van der Waals surface area contributed by atoms with Crippen LogP contribution in [0.2, 0.25) is 5.02 Å².